The summed E-state index contributed by atoms with van der Waals surface area (Å²) >= 11 is 7.10. The average molecular weight is 354 g/mol. The van der Waals surface area contributed by atoms with Crippen LogP contribution in [0, 0.1) is 0 Å². The molecule has 1 aliphatic rings. The number of sulfonamides is 1. The van der Waals surface area contributed by atoms with Gasteiger partial charge in [-0.15, -0.1) is 11.3 Å². The van der Waals surface area contributed by atoms with Crippen molar-refractivity contribution in [2.24, 2.45) is 0 Å². The third-order valence-corrected chi connectivity index (χ3v) is 6.71. The lowest BCUT2D eigenvalue weighted by Gasteiger charge is -2.10. The van der Waals surface area contributed by atoms with Crippen LogP contribution in [-0.2, 0) is 19.9 Å². The highest BCUT2D eigenvalue weighted by atomic mass is 35.5. The molecule has 11 heteroatoms. The number of rotatable bonds is 3. The van der Waals surface area contributed by atoms with E-state index in [1.807, 2.05) is 0 Å². The van der Waals surface area contributed by atoms with E-state index < -0.39 is 25.9 Å². The molecule has 1 atom stereocenters. The van der Waals surface area contributed by atoms with Gasteiger partial charge in [0.1, 0.15) is 0 Å². The number of sulfone groups is 1. The van der Waals surface area contributed by atoms with E-state index in [9.17, 15) is 16.8 Å². The maximum Gasteiger partial charge on any atom is 0.260 e. The molecule has 0 spiro atoms. The molecule has 0 fully saturated rings. The van der Waals surface area contributed by atoms with Crippen molar-refractivity contribution < 1.29 is 16.8 Å². The molecule has 0 saturated heterocycles. The molecular formula is C9H8ClN3O4S3. The van der Waals surface area contributed by atoms with Crippen molar-refractivity contribution in [3.8, 4) is 0 Å². The molecule has 20 heavy (non-hydrogen) atoms. The van der Waals surface area contributed by atoms with Crippen molar-refractivity contribution >= 4 is 47.8 Å². The highest BCUT2D eigenvalue weighted by Gasteiger charge is 2.30. The Balaban J connectivity index is 1.99. The monoisotopic (exact) mass is 353 g/mol. The van der Waals surface area contributed by atoms with E-state index in [2.05, 4.69) is 9.71 Å². The van der Waals surface area contributed by atoms with Crippen LogP contribution in [0.1, 0.15) is 0 Å². The largest absolute Gasteiger partial charge is 0.279 e. The summed E-state index contributed by atoms with van der Waals surface area (Å²) in [5, 5.41) is 2.35. The van der Waals surface area contributed by atoms with Gasteiger partial charge in [-0.1, -0.05) is 17.7 Å². The molecule has 0 amide bonds. The Labute approximate surface area is 123 Å². The van der Waals surface area contributed by atoms with Gasteiger partial charge in [0, 0.05) is 17.0 Å². The number of imidazole rings is 1. The third-order valence-electron chi connectivity index (χ3n) is 2.67. The predicted octanol–water partition coefficient (Wildman–Crippen LogP) is 0.638. The van der Waals surface area contributed by atoms with Crippen LogP contribution in [0.5, 0.6) is 0 Å². The molecule has 1 aliphatic heterocycles. The van der Waals surface area contributed by atoms with Crippen molar-refractivity contribution in [1.29, 1.82) is 0 Å². The smallest absolute Gasteiger partial charge is 0.260 e. The van der Waals surface area contributed by atoms with Crippen molar-refractivity contribution in [1.82, 2.24) is 14.1 Å². The minimum Gasteiger partial charge on any atom is -0.279 e. The molecule has 0 aliphatic carbocycles. The van der Waals surface area contributed by atoms with E-state index in [-0.39, 0.29) is 15.9 Å². The molecule has 0 bridgehead atoms. The van der Waals surface area contributed by atoms with E-state index in [0.29, 0.717) is 4.96 Å². The molecule has 3 rings (SSSR count). The molecule has 1 unspecified atom stereocenters. The van der Waals surface area contributed by atoms with Crippen LogP contribution in [0.15, 0.2) is 28.1 Å². The summed E-state index contributed by atoms with van der Waals surface area (Å²) in [5.74, 6) is -0.296. The summed E-state index contributed by atoms with van der Waals surface area (Å²) in [7, 11) is -7.31. The standard InChI is InChI=1S/C9H8ClN3O4S3/c10-7-8(13-2-3-18-9(13)11-7)20(16,17)12-6-1-4-19(14,15)5-6/h1-4,6,12H,5H2. The fourth-order valence-electron chi connectivity index (χ4n) is 1.88. The van der Waals surface area contributed by atoms with E-state index in [1.54, 1.807) is 5.38 Å². The predicted molar refractivity (Wildman–Crippen MR) is 75.1 cm³/mol. The van der Waals surface area contributed by atoms with Gasteiger partial charge in [-0.3, -0.25) is 4.40 Å². The lowest BCUT2D eigenvalue weighted by molar-refractivity contribution is 0.570. The molecule has 3 heterocycles. The Morgan fingerprint density at radius 1 is 1.50 bits per heavy atom. The first-order valence-electron chi connectivity index (χ1n) is 5.33. The van der Waals surface area contributed by atoms with Crippen LogP contribution in [0.3, 0.4) is 0 Å². The second kappa shape index (κ2) is 4.53. The number of halogens is 1. The summed E-state index contributed by atoms with van der Waals surface area (Å²) in [4.78, 5) is 4.38. The van der Waals surface area contributed by atoms with Crippen molar-refractivity contribution in [2.45, 2.75) is 11.1 Å². The summed E-state index contributed by atoms with van der Waals surface area (Å²) in [6.07, 6.45) is 2.83. The van der Waals surface area contributed by atoms with Gasteiger partial charge in [0.15, 0.2) is 25.0 Å². The second-order valence-electron chi connectivity index (χ2n) is 4.15. The minimum atomic E-state index is -3.97. The zero-order valence-electron chi connectivity index (χ0n) is 9.72. The number of nitrogens with one attached hydrogen (secondary N) is 1. The lowest BCUT2D eigenvalue weighted by Crippen LogP contribution is -2.36. The third kappa shape index (κ3) is 2.37. The Bertz CT molecular complexity index is 910. The van der Waals surface area contributed by atoms with Crippen LogP contribution >= 0.6 is 22.9 Å². The van der Waals surface area contributed by atoms with Gasteiger partial charge in [0.25, 0.3) is 10.0 Å². The molecule has 2 aromatic rings. The van der Waals surface area contributed by atoms with Gasteiger partial charge in [-0.05, 0) is 0 Å². The first-order valence-corrected chi connectivity index (χ1v) is 9.78. The van der Waals surface area contributed by atoms with Crippen LogP contribution in [0.2, 0.25) is 5.15 Å². The van der Waals surface area contributed by atoms with E-state index in [0.717, 1.165) is 5.41 Å². The first-order chi connectivity index (χ1) is 9.28. The average Bonchev–Trinajstić information content (AvgIpc) is 2.91. The molecular weight excluding hydrogens is 346 g/mol. The molecule has 0 radical (unpaired) electrons. The molecule has 2 aromatic heterocycles. The van der Waals surface area contributed by atoms with E-state index in [1.165, 1.54) is 28.0 Å². The zero-order valence-corrected chi connectivity index (χ0v) is 12.9. The summed E-state index contributed by atoms with van der Waals surface area (Å²) < 4.78 is 50.9. The fraction of sp³-hybridized carbons (Fsp3) is 0.222. The number of hydrogen-bond donors (Lipinski definition) is 1. The Hall–Kier alpha value is -0.940. The second-order valence-corrected chi connectivity index (χ2v) is 8.94. The Morgan fingerprint density at radius 3 is 2.90 bits per heavy atom. The SMILES string of the molecule is O=S1(=O)C=CC(NS(=O)(=O)c2c(Cl)nc3sccn23)C1. The van der Waals surface area contributed by atoms with Crippen LogP contribution in [0.25, 0.3) is 4.96 Å². The number of nitrogens with zero attached hydrogens (tertiary/aromatic N) is 2. The number of thiazole rings is 1. The normalized spacial score (nSPS) is 21.8. The fourth-order valence-corrected chi connectivity index (χ4v) is 5.87. The highest BCUT2D eigenvalue weighted by molar-refractivity contribution is 7.94. The lowest BCUT2D eigenvalue weighted by atomic mass is 10.4. The summed E-state index contributed by atoms with van der Waals surface area (Å²) in [6.45, 7) is 0. The minimum absolute atomic E-state index is 0.144. The van der Waals surface area contributed by atoms with Gasteiger partial charge in [0.2, 0.25) is 0 Å². The summed E-state index contributed by atoms with van der Waals surface area (Å²) in [5.41, 5.74) is 0. The maximum atomic E-state index is 12.3. The number of fused-ring (bicyclic) bond motifs is 1. The van der Waals surface area contributed by atoms with Gasteiger partial charge in [-0.25, -0.2) is 26.5 Å². The van der Waals surface area contributed by atoms with E-state index in [4.69, 9.17) is 11.6 Å². The Kier molecular flexibility index (Phi) is 3.18. The molecule has 1 N–H and O–H groups in total. The molecule has 7 nitrogen and oxygen atoms in total. The van der Waals surface area contributed by atoms with Gasteiger partial charge in [0.05, 0.1) is 11.8 Å². The van der Waals surface area contributed by atoms with Crippen molar-refractivity contribution in [3.63, 3.8) is 0 Å². The quantitative estimate of drug-likeness (QED) is 0.873. The van der Waals surface area contributed by atoms with Gasteiger partial charge >= 0.3 is 0 Å². The molecule has 0 saturated carbocycles. The highest BCUT2D eigenvalue weighted by Crippen LogP contribution is 2.25. The van der Waals surface area contributed by atoms with Crippen LogP contribution < -0.4 is 4.72 Å². The molecule has 0 aromatic carbocycles. The van der Waals surface area contributed by atoms with Crippen molar-refractivity contribution in [3.05, 3.63) is 28.2 Å². The van der Waals surface area contributed by atoms with Gasteiger partial charge in [-0.2, -0.15) is 0 Å². The Morgan fingerprint density at radius 2 is 2.25 bits per heavy atom. The number of hydrogen-bond acceptors (Lipinski definition) is 6. The van der Waals surface area contributed by atoms with Crippen LogP contribution in [0.4, 0.5) is 0 Å². The first kappa shape index (κ1) is 14.0. The zero-order chi connectivity index (χ0) is 14.5. The van der Waals surface area contributed by atoms with Gasteiger partial charge < -0.3 is 0 Å². The van der Waals surface area contributed by atoms with Crippen LogP contribution in [-0.4, -0.2) is 38.0 Å². The van der Waals surface area contributed by atoms with Crippen molar-refractivity contribution in [2.75, 3.05) is 5.75 Å². The summed E-state index contributed by atoms with van der Waals surface area (Å²) in [6, 6.07) is -0.801. The molecule has 108 valence electrons. The number of aromatic nitrogens is 2. The maximum absolute atomic E-state index is 12.3. The van der Waals surface area contributed by atoms with E-state index >= 15 is 0 Å². The topological polar surface area (TPSA) is 97.6 Å².